The van der Waals surface area contributed by atoms with Crippen LogP contribution in [0.15, 0.2) is 10.2 Å². The third-order valence-electron chi connectivity index (χ3n) is 4.90. The fraction of sp³-hybridized carbons (Fsp3) is 0.688. The quantitative estimate of drug-likeness (QED) is 0.859. The minimum atomic E-state index is 0.0582. The average Bonchev–Trinajstić information content (AvgIpc) is 3.23. The van der Waals surface area contributed by atoms with Crippen molar-refractivity contribution >= 4 is 11.3 Å². The van der Waals surface area contributed by atoms with Gasteiger partial charge in [-0.05, 0) is 45.7 Å². The second-order valence-corrected chi connectivity index (χ2v) is 7.84. The number of piperidine rings is 1. The Kier molecular flexibility index (Phi) is 3.85. The monoisotopic (exact) mass is 333 g/mol. The number of likely N-dealkylation sites (tertiary alicyclic amines) is 1. The van der Waals surface area contributed by atoms with Crippen LogP contribution in [-0.2, 0) is 13.6 Å². The van der Waals surface area contributed by atoms with Crippen molar-refractivity contribution in [3.8, 4) is 0 Å². The maximum absolute atomic E-state index is 12.3. The second-order valence-electron chi connectivity index (χ2n) is 6.77. The van der Waals surface area contributed by atoms with Gasteiger partial charge in [0.1, 0.15) is 5.82 Å². The summed E-state index contributed by atoms with van der Waals surface area (Å²) in [5.41, 5.74) is 1.24. The normalized spacial score (nSPS) is 20.3. The lowest BCUT2D eigenvalue weighted by Crippen LogP contribution is -2.34. The Labute approximate surface area is 139 Å². The molecule has 2 aromatic rings. The average molecular weight is 333 g/mol. The number of hydrogen-bond acceptors (Lipinski definition) is 5. The van der Waals surface area contributed by atoms with E-state index in [1.165, 1.54) is 10.4 Å². The van der Waals surface area contributed by atoms with Crippen LogP contribution in [0.4, 0.5) is 0 Å². The number of aryl methyl sites for hydroxylation is 2. The second kappa shape index (κ2) is 5.87. The van der Waals surface area contributed by atoms with Crippen molar-refractivity contribution in [1.82, 2.24) is 24.2 Å². The van der Waals surface area contributed by atoms with E-state index in [0.29, 0.717) is 12.0 Å². The summed E-state index contributed by atoms with van der Waals surface area (Å²) >= 11 is 1.72. The zero-order valence-corrected chi connectivity index (χ0v) is 14.6. The SMILES string of the molecule is Cc1nc(CN2CCC(c3nn(C)c(=O)n3C3CC3)CC2)cs1. The summed E-state index contributed by atoms with van der Waals surface area (Å²) < 4.78 is 3.47. The van der Waals surface area contributed by atoms with Gasteiger partial charge in [0.15, 0.2) is 0 Å². The largest absolute Gasteiger partial charge is 0.345 e. The van der Waals surface area contributed by atoms with Crippen molar-refractivity contribution in [2.75, 3.05) is 13.1 Å². The Balaban J connectivity index is 1.44. The highest BCUT2D eigenvalue weighted by atomic mass is 32.1. The van der Waals surface area contributed by atoms with Gasteiger partial charge in [-0.25, -0.2) is 14.5 Å². The molecule has 7 heteroatoms. The molecule has 0 atom stereocenters. The molecule has 1 aliphatic carbocycles. The Morgan fingerprint density at radius 1 is 1.26 bits per heavy atom. The van der Waals surface area contributed by atoms with E-state index in [2.05, 4.69) is 27.3 Å². The Bertz CT molecular complexity index is 749. The van der Waals surface area contributed by atoms with E-state index in [9.17, 15) is 4.79 Å². The van der Waals surface area contributed by atoms with Crippen molar-refractivity contribution in [2.24, 2.45) is 7.05 Å². The summed E-state index contributed by atoms with van der Waals surface area (Å²) in [6.45, 7) is 5.10. The lowest BCUT2D eigenvalue weighted by Gasteiger charge is -2.31. The molecule has 0 radical (unpaired) electrons. The van der Waals surface area contributed by atoms with Gasteiger partial charge in [-0.2, -0.15) is 5.10 Å². The molecular formula is C16H23N5OS. The molecular weight excluding hydrogens is 310 g/mol. The Morgan fingerprint density at radius 2 is 2.00 bits per heavy atom. The highest BCUT2D eigenvalue weighted by Gasteiger charge is 2.33. The summed E-state index contributed by atoms with van der Waals surface area (Å²) in [6.07, 6.45) is 4.40. The molecule has 6 nitrogen and oxygen atoms in total. The number of hydrogen-bond donors (Lipinski definition) is 0. The third kappa shape index (κ3) is 2.99. The number of nitrogens with zero attached hydrogens (tertiary/aromatic N) is 5. The summed E-state index contributed by atoms with van der Waals surface area (Å²) in [7, 11) is 1.77. The molecule has 4 rings (SSSR count). The molecule has 2 aliphatic rings. The van der Waals surface area contributed by atoms with Crippen molar-refractivity contribution in [3.05, 3.63) is 32.4 Å². The standard InChI is InChI=1S/C16H23N5OS/c1-11-17-13(10-23-11)9-20-7-5-12(6-8-20)15-18-19(2)16(22)21(15)14-3-4-14/h10,12,14H,3-9H2,1-2H3. The van der Waals surface area contributed by atoms with Gasteiger partial charge in [0.25, 0.3) is 0 Å². The van der Waals surface area contributed by atoms with Crippen molar-refractivity contribution in [1.29, 1.82) is 0 Å². The van der Waals surface area contributed by atoms with Gasteiger partial charge in [0, 0.05) is 30.9 Å². The minimum absolute atomic E-state index is 0.0582. The molecule has 1 saturated heterocycles. The first-order chi connectivity index (χ1) is 11.1. The first kappa shape index (κ1) is 15.1. The number of thiazole rings is 1. The Morgan fingerprint density at radius 3 is 2.61 bits per heavy atom. The molecule has 2 aromatic heterocycles. The highest BCUT2D eigenvalue weighted by Crippen LogP contribution is 2.37. The lowest BCUT2D eigenvalue weighted by atomic mass is 9.96. The van der Waals surface area contributed by atoms with E-state index in [-0.39, 0.29) is 5.69 Å². The van der Waals surface area contributed by atoms with E-state index in [4.69, 9.17) is 0 Å². The molecule has 23 heavy (non-hydrogen) atoms. The van der Waals surface area contributed by atoms with Gasteiger partial charge in [-0.3, -0.25) is 9.47 Å². The van der Waals surface area contributed by atoms with Crippen LogP contribution in [-0.4, -0.2) is 37.3 Å². The van der Waals surface area contributed by atoms with Crippen LogP contribution in [0.3, 0.4) is 0 Å². The Hall–Kier alpha value is -1.47. The van der Waals surface area contributed by atoms with Crippen molar-refractivity contribution in [2.45, 2.75) is 51.1 Å². The van der Waals surface area contributed by atoms with Crippen molar-refractivity contribution in [3.63, 3.8) is 0 Å². The molecule has 0 spiro atoms. The molecule has 0 N–H and O–H groups in total. The van der Waals surface area contributed by atoms with Crippen LogP contribution < -0.4 is 5.69 Å². The molecule has 3 heterocycles. The van der Waals surface area contributed by atoms with Gasteiger partial charge >= 0.3 is 5.69 Å². The zero-order valence-electron chi connectivity index (χ0n) is 13.7. The summed E-state index contributed by atoms with van der Waals surface area (Å²) in [5.74, 6) is 1.43. The molecule has 0 aromatic carbocycles. The third-order valence-corrected chi connectivity index (χ3v) is 5.72. The number of rotatable bonds is 4. The van der Waals surface area contributed by atoms with Gasteiger partial charge in [0.05, 0.1) is 10.7 Å². The summed E-state index contributed by atoms with van der Waals surface area (Å²) in [6, 6.07) is 0.405. The number of aromatic nitrogens is 4. The molecule has 1 saturated carbocycles. The smallest absolute Gasteiger partial charge is 0.297 e. The van der Waals surface area contributed by atoms with Crippen LogP contribution in [0, 0.1) is 6.92 Å². The van der Waals surface area contributed by atoms with E-state index < -0.39 is 0 Å². The lowest BCUT2D eigenvalue weighted by molar-refractivity contribution is 0.198. The maximum Gasteiger partial charge on any atom is 0.345 e. The van der Waals surface area contributed by atoms with Gasteiger partial charge in [0.2, 0.25) is 0 Å². The minimum Gasteiger partial charge on any atom is -0.297 e. The molecule has 2 fully saturated rings. The molecule has 124 valence electrons. The van der Waals surface area contributed by atoms with Gasteiger partial charge in [-0.1, -0.05) is 0 Å². The fourth-order valence-corrected chi connectivity index (χ4v) is 4.12. The summed E-state index contributed by atoms with van der Waals surface area (Å²) in [5, 5.41) is 7.84. The van der Waals surface area contributed by atoms with E-state index >= 15 is 0 Å². The first-order valence-corrected chi connectivity index (χ1v) is 9.28. The molecule has 0 unspecified atom stereocenters. The van der Waals surface area contributed by atoms with E-state index in [0.717, 1.165) is 56.1 Å². The van der Waals surface area contributed by atoms with Crippen LogP contribution in [0.1, 0.15) is 54.2 Å². The molecule has 0 bridgehead atoms. The van der Waals surface area contributed by atoms with Crippen LogP contribution in [0.25, 0.3) is 0 Å². The zero-order chi connectivity index (χ0) is 16.0. The summed E-state index contributed by atoms with van der Waals surface area (Å²) in [4.78, 5) is 19.3. The van der Waals surface area contributed by atoms with Crippen LogP contribution in [0.5, 0.6) is 0 Å². The van der Waals surface area contributed by atoms with E-state index in [1.807, 2.05) is 4.57 Å². The van der Waals surface area contributed by atoms with Crippen molar-refractivity contribution < 1.29 is 0 Å². The predicted octanol–water partition coefficient (Wildman–Crippen LogP) is 2.06. The topological polar surface area (TPSA) is 56.0 Å². The molecule has 1 aliphatic heterocycles. The first-order valence-electron chi connectivity index (χ1n) is 8.40. The fourth-order valence-electron chi connectivity index (χ4n) is 3.51. The van der Waals surface area contributed by atoms with Crippen LogP contribution >= 0.6 is 11.3 Å². The van der Waals surface area contributed by atoms with Gasteiger partial charge < -0.3 is 0 Å². The molecule has 0 amide bonds. The van der Waals surface area contributed by atoms with E-state index in [1.54, 1.807) is 18.4 Å². The highest BCUT2D eigenvalue weighted by molar-refractivity contribution is 7.09. The van der Waals surface area contributed by atoms with Crippen LogP contribution in [0.2, 0.25) is 0 Å². The predicted molar refractivity (Wildman–Crippen MR) is 89.8 cm³/mol. The maximum atomic E-state index is 12.3. The van der Waals surface area contributed by atoms with Gasteiger partial charge in [-0.15, -0.1) is 11.3 Å².